The van der Waals surface area contributed by atoms with Gasteiger partial charge in [0.05, 0.1) is 5.92 Å². The minimum absolute atomic E-state index is 0.101. The Balaban J connectivity index is 1.48. The summed E-state index contributed by atoms with van der Waals surface area (Å²) in [5.41, 5.74) is 0.775. The molecule has 19 heavy (non-hydrogen) atoms. The van der Waals surface area contributed by atoms with Gasteiger partial charge in [-0.2, -0.15) is 0 Å². The summed E-state index contributed by atoms with van der Waals surface area (Å²) in [5.74, 6) is 1.64. The van der Waals surface area contributed by atoms with Crippen LogP contribution in [-0.2, 0) is 4.79 Å². The second-order valence-electron chi connectivity index (χ2n) is 5.45. The molecule has 2 N–H and O–H groups in total. The second kappa shape index (κ2) is 4.13. The predicted octanol–water partition coefficient (Wildman–Crippen LogP) is 1.49. The van der Waals surface area contributed by atoms with Crippen molar-refractivity contribution in [1.82, 2.24) is 5.32 Å². The molecule has 2 saturated heterocycles. The molecule has 0 saturated carbocycles. The minimum Gasteiger partial charge on any atom is -0.454 e. The number of rotatable bonds is 2. The molecule has 0 radical (unpaired) electrons. The zero-order chi connectivity index (χ0) is 12.8. The van der Waals surface area contributed by atoms with Crippen LogP contribution in [0, 0.1) is 5.92 Å². The molecular weight excluding hydrogens is 244 g/mol. The highest BCUT2D eigenvalue weighted by Crippen LogP contribution is 2.36. The van der Waals surface area contributed by atoms with E-state index in [-0.39, 0.29) is 18.6 Å². The zero-order valence-corrected chi connectivity index (χ0v) is 10.5. The number of nitrogens with one attached hydrogen (secondary N) is 2. The second-order valence-corrected chi connectivity index (χ2v) is 5.45. The summed E-state index contributed by atoms with van der Waals surface area (Å²) in [5, 5.41) is 6.46. The Labute approximate surface area is 111 Å². The average Bonchev–Trinajstić information content (AvgIpc) is 3.13. The highest BCUT2D eigenvalue weighted by atomic mass is 16.7. The molecule has 4 rings (SSSR count). The number of fused-ring (bicyclic) bond motifs is 3. The van der Waals surface area contributed by atoms with Gasteiger partial charge >= 0.3 is 0 Å². The Kier molecular flexibility index (Phi) is 2.41. The Bertz CT molecular complexity index is 531. The highest BCUT2D eigenvalue weighted by Gasteiger charge is 2.42. The molecule has 3 unspecified atom stereocenters. The molecule has 0 aromatic heterocycles. The molecule has 3 aliphatic rings. The summed E-state index contributed by atoms with van der Waals surface area (Å²) in [7, 11) is 0. The van der Waals surface area contributed by atoms with Crippen molar-refractivity contribution in [2.75, 3.05) is 12.1 Å². The van der Waals surface area contributed by atoms with Crippen LogP contribution in [0.3, 0.4) is 0 Å². The van der Waals surface area contributed by atoms with Crippen LogP contribution in [0.25, 0.3) is 0 Å². The number of ether oxygens (including phenoxy) is 2. The fraction of sp³-hybridized carbons (Fsp3) is 0.500. The van der Waals surface area contributed by atoms with E-state index >= 15 is 0 Å². The predicted molar refractivity (Wildman–Crippen MR) is 69.2 cm³/mol. The fourth-order valence-corrected chi connectivity index (χ4v) is 3.32. The van der Waals surface area contributed by atoms with Crippen molar-refractivity contribution in [1.29, 1.82) is 0 Å². The molecule has 3 aliphatic heterocycles. The maximum absolute atomic E-state index is 12.3. The molecule has 0 spiro atoms. The molecular formula is C14H16N2O3. The number of anilines is 1. The molecule has 100 valence electrons. The van der Waals surface area contributed by atoms with Crippen LogP contribution < -0.4 is 20.1 Å². The number of benzene rings is 1. The van der Waals surface area contributed by atoms with Crippen molar-refractivity contribution in [2.24, 2.45) is 5.92 Å². The lowest BCUT2D eigenvalue weighted by Crippen LogP contribution is -2.32. The first kappa shape index (κ1) is 11.1. The van der Waals surface area contributed by atoms with Gasteiger partial charge in [-0.25, -0.2) is 0 Å². The van der Waals surface area contributed by atoms with Crippen LogP contribution in [0.1, 0.15) is 19.3 Å². The third-order valence-electron chi connectivity index (χ3n) is 4.28. The van der Waals surface area contributed by atoms with Crippen LogP contribution in [0.2, 0.25) is 0 Å². The molecule has 2 bridgehead atoms. The third-order valence-corrected chi connectivity index (χ3v) is 4.28. The summed E-state index contributed by atoms with van der Waals surface area (Å²) in [6.07, 6.45) is 3.28. The molecule has 3 heterocycles. The molecule has 3 atom stereocenters. The van der Waals surface area contributed by atoms with Gasteiger partial charge in [-0.15, -0.1) is 0 Å². The van der Waals surface area contributed by atoms with Gasteiger partial charge in [0.2, 0.25) is 12.7 Å². The molecule has 2 fully saturated rings. The first-order valence-electron chi connectivity index (χ1n) is 6.76. The first-order valence-corrected chi connectivity index (χ1v) is 6.76. The van der Waals surface area contributed by atoms with Crippen LogP contribution in [-0.4, -0.2) is 24.8 Å². The maximum atomic E-state index is 12.3. The van der Waals surface area contributed by atoms with E-state index in [1.807, 2.05) is 18.2 Å². The van der Waals surface area contributed by atoms with E-state index in [0.29, 0.717) is 17.8 Å². The molecule has 5 heteroatoms. The molecule has 0 aliphatic carbocycles. The monoisotopic (exact) mass is 260 g/mol. The summed E-state index contributed by atoms with van der Waals surface area (Å²) >= 11 is 0. The van der Waals surface area contributed by atoms with Crippen molar-refractivity contribution in [3.8, 4) is 11.5 Å². The fourth-order valence-electron chi connectivity index (χ4n) is 3.32. The average molecular weight is 260 g/mol. The quantitative estimate of drug-likeness (QED) is 0.846. The van der Waals surface area contributed by atoms with Crippen molar-refractivity contribution < 1.29 is 14.3 Å². The normalized spacial score (nSPS) is 30.6. The van der Waals surface area contributed by atoms with E-state index in [4.69, 9.17) is 9.47 Å². The van der Waals surface area contributed by atoms with Crippen molar-refractivity contribution in [3.05, 3.63) is 18.2 Å². The van der Waals surface area contributed by atoms with Gasteiger partial charge in [-0.1, -0.05) is 0 Å². The lowest BCUT2D eigenvalue weighted by molar-refractivity contribution is -0.120. The first-order chi connectivity index (χ1) is 9.29. The van der Waals surface area contributed by atoms with Gasteiger partial charge in [-0.3, -0.25) is 4.79 Å². The van der Waals surface area contributed by atoms with E-state index in [2.05, 4.69) is 10.6 Å². The Morgan fingerprint density at radius 2 is 2.16 bits per heavy atom. The van der Waals surface area contributed by atoms with Gasteiger partial charge < -0.3 is 20.1 Å². The largest absolute Gasteiger partial charge is 0.454 e. The van der Waals surface area contributed by atoms with Crippen molar-refractivity contribution in [2.45, 2.75) is 31.3 Å². The van der Waals surface area contributed by atoms with Crippen LogP contribution >= 0.6 is 0 Å². The van der Waals surface area contributed by atoms with Crippen LogP contribution in [0.4, 0.5) is 5.69 Å². The van der Waals surface area contributed by atoms with Gasteiger partial charge in [-0.05, 0) is 31.4 Å². The van der Waals surface area contributed by atoms with E-state index in [1.54, 1.807) is 0 Å². The number of hydrogen-bond acceptors (Lipinski definition) is 4. The minimum atomic E-state index is 0.101. The van der Waals surface area contributed by atoms with E-state index in [1.165, 1.54) is 6.42 Å². The van der Waals surface area contributed by atoms with Crippen molar-refractivity contribution in [3.63, 3.8) is 0 Å². The lowest BCUT2D eigenvalue weighted by atomic mass is 9.88. The van der Waals surface area contributed by atoms with Crippen LogP contribution in [0.5, 0.6) is 11.5 Å². The van der Waals surface area contributed by atoms with E-state index in [9.17, 15) is 4.79 Å². The lowest BCUT2D eigenvalue weighted by Gasteiger charge is -2.19. The molecule has 1 aromatic rings. The van der Waals surface area contributed by atoms with Crippen LogP contribution in [0.15, 0.2) is 18.2 Å². The summed E-state index contributed by atoms with van der Waals surface area (Å²) in [6, 6.07) is 6.40. The Morgan fingerprint density at radius 3 is 2.95 bits per heavy atom. The smallest absolute Gasteiger partial charge is 0.231 e. The molecule has 1 aromatic carbocycles. The summed E-state index contributed by atoms with van der Waals surface area (Å²) in [4.78, 5) is 12.3. The zero-order valence-electron chi connectivity index (χ0n) is 10.5. The van der Waals surface area contributed by atoms with E-state index in [0.717, 1.165) is 24.3 Å². The summed E-state index contributed by atoms with van der Waals surface area (Å²) in [6.45, 7) is 0.253. The number of hydrogen-bond donors (Lipinski definition) is 2. The van der Waals surface area contributed by atoms with E-state index < -0.39 is 0 Å². The summed E-state index contributed by atoms with van der Waals surface area (Å²) < 4.78 is 10.6. The highest BCUT2D eigenvalue weighted by molar-refractivity contribution is 5.93. The SMILES string of the molecule is O=C(Nc1ccc2c(c1)OCO2)C1CC2CCC1N2. The number of amides is 1. The van der Waals surface area contributed by atoms with Gasteiger partial charge in [0, 0.05) is 23.8 Å². The topological polar surface area (TPSA) is 59.6 Å². The standard InChI is InChI=1S/C14H16N2O3/c17-14(10-5-8-1-3-11(10)15-8)16-9-2-4-12-13(6-9)19-7-18-12/h2,4,6,8,10-11,15H,1,3,5,7H2,(H,16,17). The van der Waals surface area contributed by atoms with Crippen molar-refractivity contribution >= 4 is 11.6 Å². The molecule has 5 nitrogen and oxygen atoms in total. The molecule has 1 amide bonds. The maximum Gasteiger partial charge on any atom is 0.231 e. The van der Waals surface area contributed by atoms with Gasteiger partial charge in [0.15, 0.2) is 11.5 Å². The number of carbonyl (C=O) groups excluding carboxylic acids is 1. The number of carbonyl (C=O) groups is 1. The van der Waals surface area contributed by atoms with Gasteiger partial charge in [0.25, 0.3) is 0 Å². The Morgan fingerprint density at radius 1 is 1.26 bits per heavy atom. The van der Waals surface area contributed by atoms with Gasteiger partial charge in [0.1, 0.15) is 0 Å². The third kappa shape index (κ3) is 1.85. The Hall–Kier alpha value is -1.75.